The van der Waals surface area contributed by atoms with Gasteiger partial charge in [0.05, 0.1) is 22.7 Å². The highest BCUT2D eigenvalue weighted by Crippen LogP contribution is 2.37. The van der Waals surface area contributed by atoms with Crippen molar-refractivity contribution in [1.82, 2.24) is 23.7 Å². The summed E-state index contributed by atoms with van der Waals surface area (Å²) in [6.07, 6.45) is 6.74. The molecule has 1 fully saturated rings. The lowest BCUT2D eigenvalue weighted by Gasteiger charge is -2.12. The number of pyridine rings is 1. The number of nitrogens with zero attached hydrogens (tertiary/aromatic N) is 5. The Labute approximate surface area is 163 Å². The summed E-state index contributed by atoms with van der Waals surface area (Å²) in [6, 6.07) is 8.46. The molecule has 0 N–H and O–H groups in total. The Hall–Kier alpha value is -2.89. The molecule has 0 saturated heterocycles. The van der Waals surface area contributed by atoms with Crippen LogP contribution >= 0.6 is 0 Å². The van der Waals surface area contributed by atoms with Gasteiger partial charge in [-0.1, -0.05) is 26.0 Å². The average Bonchev–Trinajstić information content (AvgIpc) is 3.36. The summed E-state index contributed by atoms with van der Waals surface area (Å²) in [5, 5.41) is 0. The molecule has 6 heteroatoms. The topological polar surface area (TPSA) is 57.6 Å². The quantitative estimate of drug-likeness (QED) is 0.525. The van der Waals surface area contributed by atoms with Gasteiger partial charge in [-0.05, 0) is 49.8 Å². The summed E-state index contributed by atoms with van der Waals surface area (Å²) >= 11 is 0. The van der Waals surface area contributed by atoms with Crippen LogP contribution in [0.15, 0.2) is 41.5 Å². The zero-order chi connectivity index (χ0) is 19.4. The van der Waals surface area contributed by atoms with E-state index in [0.717, 1.165) is 53.4 Å². The highest BCUT2D eigenvalue weighted by atomic mass is 16.2. The van der Waals surface area contributed by atoms with E-state index in [9.17, 15) is 4.79 Å². The first-order valence-corrected chi connectivity index (χ1v) is 10.1. The van der Waals surface area contributed by atoms with Gasteiger partial charge in [-0.2, -0.15) is 0 Å². The first-order valence-electron chi connectivity index (χ1n) is 10.1. The molecule has 5 rings (SSSR count). The van der Waals surface area contributed by atoms with Gasteiger partial charge in [-0.15, -0.1) is 0 Å². The van der Waals surface area contributed by atoms with Gasteiger partial charge in [0.1, 0.15) is 5.52 Å². The van der Waals surface area contributed by atoms with E-state index in [-0.39, 0.29) is 5.69 Å². The monoisotopic (exact) mass is 375 g/mol. The molecule has 3 heterocycles. The Morgan fingerprint density at radius 1 is 1.18 bits per heavy atom. The largest absolute Gasteiger partial charge is 0.336 e. The summed E-state index contributed by atoms with van der Waals surface area (Å²) < 4.78 is 5.97. The molecule has 0 atom stereocenters. The molecule has 1 aliphatic rings. The fraction of sp³-hybridized carbons (Fsp3) is 0.409. The van der Waals surface area contributed by atoms with Crippen molar-refractivity contribution in [2.45, 2.75) is 52.6 Å². The Bertz CT molecular complexity index is 1240. The molecule has 1 aromatic carbocycles. The van der Waals surface area contributed by atoms with Crippen LogP contribution in [0.1, 0.15) is 44.7 Å². The highest BCUT2D eigenvalue weighted by molar-refractivity contribution is 5.83. The van der Waals surface area contributed by atoms with Crippen LogP contribution < -0.4 is 5.69 Å². The van der Waals surface area contributed by atoms with Crippen molar-refractivity contribution in [3.63, 3.8) is 0 Å². The third kappa shape index (κ3) is 2.58. The minimum absolute atomic E-state index is 0.0147. The third-order valence-corrected chi connectivity index (χ3v) is 5.67. The smallest absolute Gasteiger partial charge is 0.309 e. The van der Waals surface area contributed by atoms with Crippen molar-refractivity contribution < 1.29 is 0 Å². The molecule has 0 bridgehead atoms. The number of hydrogen-bond acceptors (Lipinski definition) is 3. The lowest BCUT2D eigenvalue weighted by Crippen LogP contribution is -2.25. The number of benzene rings is 1. The molecule has 1 aliphatic carbocycles. The Morgan fingerprint density at radius 2 is 2.00 bits per heavy atom. The molecule has 3 aromatic heterocycles. The third-order valence-electron chi connectivity index (χ3n) is 5.67. The van der Waals surface area contributed by atoms with Crippen LogP contribution in [0.2, 0.25) is 0 Å². The number of hydrogen-bond donors (Lipinski definition) is 0. The number of rotatable bonds is 5. The van der Waals surface area contributed by atoms with Crippen molar-refractivity contribution in [2.75, 3.05) is 0 Å². The second-order valence-corrected chi connectivity index (χ2v) is 8.27. The standard InChI is InChI=1S/C22H25N5O/c1-14(2)10-12-25-18-9-11-23-13-17(18)24-21(25)27-20-15(3)5-4-6-19(20)26(22(27)28)16-7-8-16/h4-6,9,11,13-14,16H,7-8,10,12H2,1-3H3. The second kappa shape index (κ2) is 6.33. The summed E-state index contributed by atoms with van der Waals surface area (Å²) in [5.74, 6) is 1.27. The first kappa shape index (κ1) is 17.2. The lowest BCUT2D eigenvalue weighted by atomic mass is 10.1. The second-order valence-electron chi connectivity index (χ2n) is 8.27. The van der Waals surface area contributed by atoms with Gasteiger partial charge < -0.3 is 4.57 Å². The summed E-state index contributed by atoms with van der Waals surface area (Å²) in [4.78, 5) is 22.6. The highest BCUT2D eigenvalue weighted by Gasteiger charge is 2.30. The summed E-state index contributed by atoms with van der Waals surface area (Å²) in [5.41, 5.74) is 4.93. The van der Waals surface area contributed by atoms with Crippen LogP contribution in [-0.2, 0) is 6.54 Å². The van der Waals surface area contributed by atoms with Crippen LogP contribution in [0, 0.1) is 12.8 Å². The van der Waals surface area contributed by atoms with Gasteiger partial charge in [0.25, 0.3) is 0 Å². The predicted octanol–water partition coefficient (Wildman–Crippen LogP) is 4.23. The van der Waals surface area contributed by atoms with Gasteiger partial charge in [0.2, 0.25) is 5.95 Å². The van der Waals surface area contributed by atoms with Crippen molar-refractivity contribution >= 4 is 22.1 Å². The average molecular weight is 375 g/mol. The predicted molar refractivity (Wildman–Crippen MR) is 111 cm³/mol. The van der Waals surface area contributed by atoms with Crippen molar-refractivity contribution in [2.24, 2.45) is 5.92 Å². The number of aryl methyl sites for hydroxylation is 2. The molecule has 1 saturated carbocycles. The van der Waals surface area contributed by atoms with Gasteiger partial charge in [0, 0.05) is 18.8 Å². The van der Waals surface area contributed by atoms with E-state index in [4.69, 9.17) is 4.98 Å². The van der Waals surface area contributed by atoms with Crippen molar-refractivity contribution in [3.05, 3.63) is 52.7 Å². The SMILES string of the molecule is Cc1cccc2c1n(-c1nc3cnccc3n1CCC(C)C)c(=O)n2C1CC1. The van der Waals surface area contributed by atoms with Gasteiger partial charge in [-0.25, -0.2) is 14.3 Å². The molecule has 0 unspecified atom stereocenters. The molecule has 0 radical (unpaired) electrons. The van der Waals surface area contributed by atoms with Gasteiger partial charge >= 0.3 is 5.69 Å². The number of imidazole rings is 2. The summed E-state index contributed by atoms with van der Waals surface area (Å²) in [7, 11) is 0. The van der Waals surface area contributed by atoms with E-state index in [1.54, 1.807) is 12.4 Å². The molecular formula is C22H25N5O. The van der Waals surface area contributed by atoms with Crippen LogP contribution in [0.5, 0.6) is 0 Å². The first-order chi connectivity index (χ1) is 13.6. The maximum Gasteiger partial charge on any atom is 0.336 e. The van der Waals surface area contributed by atoms with Crippen LogP contribution in [-0.4, -0.2) is 23.7 Å². The van der Waals surface area contributed by atoms with Crippen LogP contribution in [0.4, 0.5) is 0 Å². The van der Waals surface area contributed by atoms with E-state index in [1.807, 2.05) is 21.3 Å². The minimum Gasteiger partial charge on any atom is -0.309 e. The Kier molecular flexibility index (Phi) is 3.89. The van der Waals surface area contributed by atoms with E-state index in [1.165, 1.54) is 0 Å². The number of para-hydroxylation sites is 1. The number of aromatic nitrogens is 5. The van der Waals surface area contributed by atoms with E-state index >= 15 is 0 Å². The van der Waals surface area contributed by atoms with E-state index in [0.29, 0.717) is 17.9 Å². The molecule has 28 heavy (non-hydrogen) atoms. The molecule has 0 aliphatic heterocycles. The van der Waals surface area contributed by atoms with Crippen molar-refractivity contribution in [1.29, 1.82) is 0 Å². The minimum atomic E-state index is 0.0147. The molecule has 4 aromatic rings. The van der Waals surface area contributed by atoms with E-state index in [2.05, 4.69) is 42.5 Å². The fourth-order valence-electron chi connectivity index (χ4n) is 4.05. The Morgan fingerprint density at radius 3 is 2.75 bits per heavy atom. The van der Waals surface area contributed by atoms with Gasteiger partial charge in [-0.3, -0.25) is 9.55 Å². The molecule has 0 amide bonds. The molecule has 0 spiro atoms. The Balaban J connectivity index is 1.84. The maximum atomic E-state index is 13.5. The normalized spacial score (nSPS) is 14.6. The molecule has 144 valence electrons. The van der Waals surface area contributed by atoms with Crippen LogP contribution in [0.3, 0.4) is 0 Å². The fourth-order valence-corrected chi connectivity index (χ4v) is 4.05. The molecule has 6 nitrogen and oxygen atoms in total. The number of fused-ring (bicyclic) bond motifs is 2. The van der Waals surface area contributed by atoms with Crippen molar-refractivity contribution in [3.8, 4) is 5.95 Å². The lowest BCUT2D eigenvalue weighted by molar-refractivity contribution is 0.517. The summed E-state index contributed by atoms with van der Waals surface area (Å²) in [6.45, 7) is 7.32. The van der Waals surface area contributed by atoms with Gasteiger partial charge in [0.15, 0.2) is 0 Å². The zero-order valence-corrected chi connectivity index (χ0v) is 16.6. The maximum absolute atomic E-state index is 13.5. The van der Waals surface area contributed by atoms with E-state index < -0.39 is 0 Å². The molecular weight excluding hydrogens is 350 g/mol. The zero-order valence-electron chi connectivity index (χ0n) is 16.6. The van der Waals surface area contributed by atoms with Crippen LogP contribution in [0.25, 0.3) is 28.0 Å².